The number of urea groups is 1. The number of aliphatic carboxylic acids is 1. The van der Waals surface area contributed by atoms with Crippen molar-refractivity contribution in [3.05, 3.63) is 24.3 Å². The molecular formula is C14H20N2O4. The van der Waals surface area contributed by atoms with Crippen LogP contribution in [0.2, 0.25) is 0 Å². The molecule has 20 heavy (non-hydrogen) atoms. The normalized spacial score (nSPS) is 13.3. The van der Waals surface area contributed by atoms with Crippen LogP contribution in [0.15, 0.2) is 24.3 Å². The van der Waals surface area contributed by atoms with Crippen molar-refractivity contribution in [3.63, 3.8) is 0 Å². The predicted octanol–water partition coefficient (Wildman–Crippen LogP) is 2.04. The van der Waals surface area contributed by atoms with Crippen LogP contribution in [0.25, 0.3) is 0 Å². The van der Waals surface area contributed by atoms with E-state index >= 15 is 0 Å². The Labute approximate surface area is 118 Å². The number of aromatic hydroxyl groups is 1. The molecule has 1 rings (SSSR count). The van der Waals surface area contributed by atoms with Gasteiger partial charge in [-0.05, 0) is 30.2 Å². The molecule has 0 saturated heterocycles. The molecule has 0 radical (unpaired) electrons. The van der Waals surface area contributed by atoms with Gasteiger partial charge in [0.05, 0.1) is 0 Å². The number of carbonyl (C=O) groups is 2. The fourth-order valence-electron chi connectivity index (χ4n) is 1.71. The summed E-state index contributed by atoms with van der Waals surface area (Å²) < 4.78 is 0. The summed E-state index contributed by atoms with van der Waals surface area (Å²) in [7, 11) is 1.54. The molecule has 0 aliphatic rings. The quantitative estimate of drug-likeness (QED) is 0.770. The molecule has 0 heterocycles. The van der Waals surface area contributed by atoms with Gasteiger partial charge in [0.15, 0.2) is 0 Å². The van der Waals surface area contributed by atoms with Crippen molar-refractivity contribution in [3.8, 4) is 5.75 Å². The van der Waals surface area contributed by atoms with E-state index in [0.29, 0.717) is 12.1 Å². The topological polar surface area (TPSA) is 89.9 Å². The van der Waals surface area contributed by atoms with Crippen LogP contribution in [-0.4, -0.2) is 35.3 Å². The van der Waals surface area contributed by atoms with Gasteiger partial charge in [-0.25, -0.2) is 9.59 Å². The van der Waals surface area contributed by atoms with Gasteiger partial charge in [-0.15, -0.1) is 0 Å². The number of phenols is 1. The number of phenolic OH excluding ortho intramolecular Hbond substituents is 1. The minimum atomic E-state index is -1.05. The monoisotopic (exact) mass is 280 g/mol. The van der Waals surface area contributed by atoms with Crippen LogP contribution in [0.1, 0.15) is 20.3 Å². The van der Waals surface area contributed by atoms with Gasteiger partial charge in [-0.1, -0.05) is 20.3 Å². The fraction of sp³-hybridized carbons (Fsp3) is 0.429. The smallest absolute Gasteiger partial charge is 0.326 e. The molecule has 110 valence electrons. The molecule has 0 saturated carbocycles. The van der Waals surface area contributed by atoms with Crippen molar-refractivity contribution in [1.82, 2.24) is 5.32 Å². The number of rotatable bonds is 5. The summed E-state index contributed by atoms with van der Waals surface area (Å²) in [5.41, 5.74) is 0.564. The highest BCUT2D eigenvalue weighted by Gasteiger charge is 2.26. The van der Waals surface area contributed by atoms with Crippen molar-refractivity contribution in [2.75, 3.05) is 11.9 Å². The number of anilines is 1. The number of nitrogens with zero attached hydrogens (tertiary/aromatic N) is 1. The Kier molecular flexibility index (Phi) is 5.37. The highest BCUT2D eigenvalue weighted by Crippen LogP contribution is 2.17. The molecule has 0 aliphatic carbocycles. The second-order valence-electron chi connectivity index (χ2n) is 4.73. The van der Waals surface area contributed by atoms with E-state index < -0.39 is 18.0 Å². The van der Waals surface area contributed by atoms with Crippen LogP contribution in [0.3, 0.4) is 0 Å². The average Bonchev–Trinajstić information content (AvgIpc) is 2.43. The Bertz CT molecular complexity index is 473. The highest BCUT2D eigenvalue weighted by atomic mass is 16.4. The number of nitrogens with one attached hydrogen (secondary N) is 1. The van der Waals surface area contributed by atoms with E-state index in [2.05, 4.69) is 5.32 Å². The summed E-state index contributed by atoms with van der Waals surface area (Å²) in [5, 5.41) is 20.9. The first-order valence-corrected chi connectivity index (χ1v) is 6.42. The van der Waals surface area contributed by atoms with E-state index in [1.165, 1.54) is 24.1 Å². The SMILES string of the molecule is CCC(C)C(NC(=O)N(C)c1ccc(O)cc1)C(=O)O. The van der Waals surface area contributed by atoms with Crippen molar-refractivity contribution in [2.45, 2.75) is 26.3 Å². The Morgan fingerprint density at radius 3 is 2.30 bits per heavy atom. The summed E-state index contributed by atoms with van der Waals surface area (Å²) >= 11 is 0. The van der Waals surface area contributed by atoms with Gasteiger partial charge in [0.1, 0.15) is 11.8 Å². The molecule has 2 atom stereocenters. The molecule has 0 aliphatic heterocycles. The lowest BCUT2D eigenvalue weighted by atomic mass is 9.99. The molecule has 0 fully saturated rings. The number of carbonyl (C=O) groups excluding carboxylic acids is 1. The van der Waals surface area contributed by atoms with Crippen molar-refractivity contribution in [1.29, 1.82) is 0 Å². The van der Waals surface area contributed by atoms with Crippen LogP contribution < -0.4 is 10.2 Å². The van der Waals surface area contributed by atoms with Gasteiger partial charge in [-0.3, -0.25) is 4.90 Å². The lowest BCUT2D eigenvalue weighted by Gasteiger charge is -2.24. The number of benzene rings is 1. The van der Waals surface area contributed by atoms with Crippen LogP contribution in [0, 0.1) is 5.92 Å². The summed E-state index contributed by atoms with van der Waals surface area (Å²) in [6, 6.07) is 4.66. The summed E-state index contributed by atoms with van der Waals surface area (Å²) in [6.45, 7) is 3.65. The molecule has 0 bridgehead atoms. The maximum absolute atomic E-state index is 12.1. The molecular weight excluding hydrogens is 260 g/mol. The van der Waals surface area contributed by atoms with E-state index in [-0.39, 0.29) is 11.7 Å². The molecule has 0 spiro atoms. The Balaban J connectivity index is 2.78. The molecule has 0 aromatic heterocycles. The zero-order valence-corrected chi connectivity index (χ0v) is 11.8. The van der Waals surface area contributed by atoms with E-state index in [4.69, 9.17) is 5.11 Å². The average molecular weight is 280 g/mol. The highest BCUT2D eigenvalue weighted by molar-refractivity contribution is 5.94. The number of carboxylic acid groups (broad SMARTS) is 1. The molecule has 1 aromatic rings. The van der Waals surface area contributed by atoms with Crippen LogP contribution in [0.5, 0.6) is 5.75 Å². The third-order valence-electron chi connectivity index (χ3n) is 3.30. The first-order chi connectivity index (χ1) is 9.36. The third-order valence-corrected chi connectivity index (χ3v) is 3.30. The standard InChI is InChI=1S/C14H20N2O4/c1-4-9(2)12(13(18)19)15-14(20)16(3)10-5-7-11(17)8-6-10/h5-9,12,17H,4H2,1-3H3,(H,15,20)(H,18,19). The van der Waals surface area contributed by atoms with Gasteiger partial charge < -0.3 is 15.5 Å². The summed E-state index contributed by atoms with van der Waals surface area (Å²) in [4.78, 5) is 24.5. The number of hydrogen-bond acceptors (Lipinski definition) is 3. The van der Waals surface area contributed by atoms with Gasteiger partial charge in [0.25, 0.3) is 0 Å². The van der Waals surface area contributed by atoms with Gasteiger partial charge in [0, 0.05) is 12.7 Å². The number of amides is 2. The molecule has 2 unspecified atom stereocenters. The van der Waals surface area contributed by atoms with E-state index in [1.54, 1.807) is 19.1 Å². The van der Waals surface area contributed by atoms with E-state index in [1.807, 2.05) is 6.92 Å². The first kappa shape index (κ1) is 15.8. The predicted molar refractivity (Wildman–Crippen MR) is 75.9 cm³/mol. The van der Waals surface area contributed by atoms with Gasteiger partial charge >= 0.3 is 12.0 Å². The van der Waals surface area contributed by atoms with Gasteiger partial charge in [-0.2, -0.15) is 0 Å². The second-order valence-corrected chi connectivity index (χ2v) is 4.73. The van der Waals surface area contributed by atoms with Crippen molar-refractivity contribution < 1.29 is 19.8 Å². The van der Waals surface area contributed by atoms with E-state index in [0.717, 1.165) is 0 Å². The Hall–Kier alpha value is -2.24. The number of carboxylic acids is 1. The van der Waals surface area contributed by atoms with Crippen LogP contribution >= 0.6 is 0 Å². The maximum atomic E-state index is 12.1. The minimum Gasteiger partial charge on any atom is -0.508 e. The Morgan fingerprint density at radius 1 is 1.30 bits per heavy atom. The zero-order valence-electron chi connectivity index (χ0n) is 11.8. The Morgan fingerprint density at radius 2 is 1.85 bits per heavy atom. The van der Waals surface area contributed by atoms with Gasteiger partial charge in [0.2, 0.25) is 0 Å². The molecule has 6 nitrogen and oxygen atoms in total. The molecule has 3 N–H and O–H groups in total. The largest absolute Gasteiger partial charge is 0.508 e. The summed E-state index contributed by atoms with van der Waals surface area (Å²) in [5.74, 6) is -1.11. The zero-order chi connectivity index (χ0) is 15.3. The molecule has 2 amide bonds. The van der Waals surface area contributed by atoms with Crippen molar-refractivity contribution in [2.24, 2.45) is 5.92 Å². The van der Waals surface area contributed by atoms with E-state index in [9.17, 15) is 14.7 Å². The maximum Gasteiger partial charge on any atom is 0.326 e. The minimum absolute atomic E-state index is 0.102. The van der Waals surface area contributed by atoms with Crippen molar-refractivity contribution >= 4 is 17.7 Å². The molecule has 6 heteroatoms. The number of hydrogen-bond donors (Lipinski definition) is 3. The van der Waals surface area contributed by atoms with Crippen LogP contribution in [0.4, 0.5) is 10.5 Å². The summed E-state index contributed by atoms with van der Waals surface area (Å²) in [6.07, 6.45) is 0.653. The lowest BCUT2D eigenvalue weighted by Crippen LogP contribution is -2.49. The lowest BCUT2D eigenvalue weighted by molar-refractivity contribution is -0.140. The van der Waals surface area contributed by atoms with Crippen LogP contribution in [-0.2, 0) is 4.79 Å². The third kappa shape index (κ3) is 3.88. The fourth-order valence-corrected chi connectivity index (χ4v) is 1.71. The second kappa shape index (κ2) is 6.79. The molecule has 1 aromatic carbocycles. The first-order valence-electron chi connectivity index (χ1n) is 6.42.